The van der Waals surface area contributed by atoms with Gasteiger partial charge in [-0.15, -0.1) is 0 Å². The molecule has 1 N–H and O–H groups in total. The van der Waals surface area contributed by atoms with Crippen molar-refractivity contribution < 1.29 is 23.9 Å². The van der Waals surface area contributed by atoms with Gasteiger partial charge >= 0.3 is 6.03 Å². The van der Waals surface area contributed by atoms with Crippen LogP contribution in [0.2, 0.25) is 0 Å². The molecule has 0 atom stereocenters. The molecule has 0 radical (unpaired) electrons. The lowest BCUT2D eigenvalue weighted by Crippen LogP contribution is -2.54. The van der Waals surface area contributed by atoms with E-state index in [0.717, 1.165) is 42.0 Å². The summed E-state index contributed by atoms with van der Waals surface area (Å²) in [7, 11) is 3.11. The van der Waals surface area contributed by atoms with Crippen molar-refractivity contribution >= 4 is 29.6 Å². The average Bonchev–Trinajstić information content (AvgIpc) is 2.95. The van der Waals surface area contributed by atoms with Gasteiger partial charge in [0.05, 0.1) is 14.2 Å². The number of aryl methyl sites for hydroxylation is 1. The van der Waals surface area contributed by atoms with Crippen LogP contribution in [0.25, 0.3) is 6.08 Å². The van der Waals surface area contributed by atoms with Crippen molar-refractivity contribution in [2.75, 3.05) is 32.2 Å². The molecule has 0 unspecified atom stereocenters. The second-order valence-corrected chi connectivity index (χ2v) is 9.61. The van der Waals surface area contributed by atoms with E-state index in [1.807, 2.05) is 36.4 Å². The number of barbiturate groups is 1. The van der Waals surface area contributed by atoms with E-state index < -0.39 is 17.8 Å². The van der Waals surface area contributed by atoms with E-state index in [1.165, 1.54) is 16.8 Å². The molecule has 2 heterocycles. The Balaban J connectivity index is 1.33. The standard InChI is InChI=1S/C31H31N3O5/c1-38-27-13-11-21(19-28(27)39-2)14-16-34-30(36)25(29(35)32-31(34)37)18-23-10-12-26-24(17-23)9-6-15-33(26)20-22-7-4-3-5-8-22/h3-5,7-8,10-13,17-19H,6,9,14-16,20H2,1-2H3,(H,32,35,37)/b25-18+. The highest BCUT2D eigenvalue weighted by Gasteiger charge is 2.35. The lowest BCUT2D eigenvalue weighted by molar-refractivity contribution is -0.130. The van der Waals surface area contributed by atoms with E-state index in [2.05, 4.69) is 28.4 Å². The number of nitrogens with one attached hydrogen (secondary N) is 1. The van der Waals surface area contributed by atoms with Gasteiger partial charge in [-0.3, -0.25) is 19.8 Å². The van der Waals surface area contributed by atoms with Crippen LogP contribution in [0.4, 0.5) is 10.5 Å². The molecule has 0 bridgehead atoms. The van der Waals surface area contributed by atoms with E-state index in [4.69, 9.17) is 9.47 Å². The molecule has 4 amide bonds. The molecule has 8 heteroatoms. The maximum atomic E-state index is 13.3. The van der Waals surface area contributed by atoms with Crippen molar-refractivity contribution in [3.05, 3.63) is 94.6 Å². The predicted octanol–water partition coefficient (Wildman–Crippen LogP) is 4.36. The van der Waals surface area contributed by atoms with E-state index in [-0.39, 0.29) is 12.1 Å². The number of hydrogen-bond acceptors (Lipinski definition) is 6. The first-order chi connectivity index (χ1) is 19.0. The number of methoxy groups -OCH3 is 2. The summed E-state index contributed by atoms with van der Waals surface area (Å²) in [5.74, 6) is -0.129. The number of urea groups is 1. The minimum absolute atomic E-state index is 0.0567. The van der Waals surface area contributed by atoms with Gasteiger partial charge in [-0.05, 0) is 71.9 Å². The number of anilines is 1. The molecule has 1 saturated heterocycles. The summed E-state index contributed by atoms with van der Waals surface area (Å²) in [5, 5.41) is 2.31. The Labute approximate surface area is 227 Å². The number of fused-ring (bicyclic) bond motifs is 1. The topological polar surface area (TPSA) is 88.2 Å². The van der Waals surface area contributed by atoms with E-state index in [0.29, 0.717) is 17.9 Å². The minimum Gasteiger partial charge on any atom is -0.493 e. The molecule has 1 fully saturated rings. The summed E-state index contributed by atoms with van der Waals surface area (Å²) < 4.78 is 10.6. The van der Waals surface area contributed by atoms with E-state index in [1.54, 1.807) is 32.4 Å². The van der Waals surface area contributed by atoms with Crippen LogP contribution >= 0.6 is 0 Å². The Morgan fingerprint density at radius 1 is 0.897 bits per heavy atom. The number of carbonyl (C=O) groups excluding carboxylic acids is 3. The summed E-state index contributed by atoms with van der Waals surface area (Å²) in [6, 6.07) is 21.1. The SMILES string of the molecule is COc1ccc(CCN2C(=O)NC(=O)/C(=C\c3ccc4c(c3)CCCN4Cc3ccccc3)C2=O)cc1OC. The maximum absolute atomic E-state index is 13.3. The fourth-order valence-corrected chi connectivity index (χ4v) is 5.09. The van der Waals surface area contributed by atoms with Crippen molar-refractivity contribution in [2.45, 2.75) is 25.8 Å². The molecule has 8 nitrogen and oxygen atoms in total. The molecule has 0 aliphatic carbocycles. The monoisotopic (exact) mass is 525 g/mol. The van der Waals surface area contributed by atoms with Crippen molar-refractivity contribution in [3.8, 4) is 11.5 Å². The summed E-state index contributed by atoms with van der Waals surface area (Å²) in [4.78, 5) is 41.9. The normalized spacial score (nSPS) is 16.3. The summed E-state index contributed by atoms with van der Waals surface area (Å²) in [6.45, 7) is 1.91. The van der Waals surface area contributed by atoms with Gasteiger partial charge in [0.1, 0.15) is 5.57 Å². The van der Waals surface area contributed by atoms with Crippen LogP contribution in [0.3, 0.4) is 0 Å². The first-order valence-corrected chi connectivity index (χ1v) is 13.0. The number of hydrogen-bond donors (Lipinski definition) is 1. The van der Waals surface area contributed by atoms with Crippen LogP contribution in [0, 0.1) is 0 Å². The molecule has 0 spiro atoms. The van der Waals surface area contributed by atoms with Gasteiger partial charge in [0.2, 0.25) is 0 Å². The van der Waals surface area contributed by atoms with Crippen LogP contribution < -0.4 is 19.7 Å². The Bertz CT molecular complexity index is 1430. The van der Waals surface area contributed by atoms with Gasteiger partial charge in [-0.25, -0.2) is 4.79 Å². The second kappa shape index (κ2) is 11.4. The zero-order valence-corrected chi connectivity index (χ0v) is 22.1. The van der Waals surface area contributed by atoms with Gasteiger partial charge in [-0.2, -0.15) is 0 Å². The van der Waals surface area contributed by atoms with Crippen molar-refractivity contribution in [2.24, 2.45) is 0 Å². The van der Waals surface area contributed by atoms with Crippen LogP contribution in [-0.2, 0) is 29.0 Å². The van der Waals surface area contributed by atoms with E-state index >= 15 is 0 Å². The van der Waals surface area contributed by atoms with Crippen LogP contribution in [0.5, 0.6) is 11.5 Å². The maximum Gasteiger partial charge on any atom is 0.331 e. The fraction of sp³-hybridized carbons (Fsp3) is 0.258. The summed E-state index contributed by atoms with van der Waals surface area (Å²) in [6.07, 6.45) is 3.92. The lowest BCUT2D eigenvalue weighted by atomic mass is 9.97. The van der Waals surface area contributed by atoms with Crippen LogP contribution in [-0.4, -0.2) is 50.1 Å². The van der Waals surface area contributed by atoms with Gasteiger partial charge < -0.3 is 14.4 Å². The van der Waals surface area contributed by atoms with Crippen LogP contribution in [0.1, 0.15) is 28.7 Å². The lowest BCUT2D eigenvalue weighted by Gasteiger charge is -2.32. The molecule has 39 heavy (non-hydrogen) atoms. The molecule has 3 aromatic carbocycles. The molecule has 200 valence electrons. The second-order valence-electron chi connectivity index (χ2n) is 9.61. The molecular formula is C31H31N3O5. The number of carbonyl (C=O) groups is 3. The number of amides is 4. The zero-order chi connectivity index (χ0) is 27.4. The first-order valence-electron chi connectivity index (χ1n) is 13.0. The quantitative estimate of drug-likeness (QED) is 0.347. The Morgan fingerprint density at radius 3 is 2.46 bits per heavy atom. The largest absolute Gasteiger partial charge is 0.493 e. The summed E-state index contributed by atoms with van der Waals surface area (Å²) in [5.41, 5.74) is 5.15. The molecule has 0 aromatic heterocycles. The number of nitrogens with zero attached hydrogens (tertiary/aromatic N) is 2. The minimum atomic E-state index is -0.718. The molecule has 5 rings (SSSR count). The highest BCUT2D eigenvalue weighted by atomic mass is 16.5. The highest BCUT2D eigenvalue weighted by molar-refractivity contribution is 6.31. The zero-order valence-electron chi connectivity index (χ0n) is 22.1. The number of rotatable bonds is 8. The smallest absolute Gasteiger partial charge is 0.331 e. The predicted molar refractivity (Wildman–Crippen MR) is 149 cm³/mol. The fourth-order valence-electron chi connectivity index (χ4n) is 5.09. The Kier molecular flexibility index (Phi) is 7.63. The third kappa shape index (κ3) is 5.65. The molecular weight excluding hydrogens is 494 g/mol. The van der Waals surface area contributed by atoms with Crippen molar-refractivity contribution in [3.63, 3.8) is 0 Å². The third-order valence-corrected chi connectivity index (χ3v) is 7.10. The van der Waals surface area contributed by atoms with Gasteiger partial charge in [0, 0.05) is 25.3 Å². The number of ether oxygens (including phenoxy) is 2. The first kappa shape index (κ1) is 26.0. The van der Waals surface area contributed by atoms with Gasteiger partial charge in [-0.1, -0.05) is 42.5 Å². The van der Waals surface area contributed by atoms with Crippen LogP contribution in [0.15, 0.2) is 72.3 Å². The number of imide groups is 2. The van der Waals surface area contributed by atoms with Gasteiger partial charge in [0.25, 0.3) is 11.8 Å². The van der Waals surface area contributed by atoms with E-state index in [9.17, 15) is 14.4 Å². The third-order valence-electron chi connectivity index (χ3n) is 7.10. The molecule has 3 aromatic rings. The Hall–Kier alpha value is -4.59. The molecule has 2 aliphatic rings. The molecule has 2 aliphatic heterocycles. The summed E-state index contributed by atoms with van der Waals surface area (Å²) >= 11 is 0. The van der Waals surface area contributed by atoms with Gasteiger partial charge in [0.15, 0.2) is 11.5 Å². The Morgan fingerprint density at radius 2 is 1.69 bits per heavy atom. The van der Waals surface area contributed by atoms with Crippen molar-refractivity contribution in [1.82, 2.24) is 10.2 Å². The average molecular weight is 526 g/mol. The van der Waals surface area contributed by atoms with Crippen molar-refractivity contribution in [1.29, 1.82) is 0 Å². The molecule has 0 saturated carbocycles. The highest BCUT2D eigenvalue weighted by Crippen LogP contribution is 2.31. The number of benzene rings is 3.